The second-order valence-corrected chi connectivity index (χ2v) is 0.808. The smallest absolute Gasteiger partial charge is 0.489 e. The SMILES string of the molecule is C.C.C[B]OC(=O)OC. The van der Waals surface area contributed by atoms with Crippen molar-refractivity contribution in [3.63, 3.8) is 0 Å². The number of rotatable bonds is 1. The molecule has 3 nitrogen and oxygen atoms in total. The molecule has 0 bridgehead atoms. The van der Waals surface area contributed by atoms with Crippen LogP contribution in [0.5, 0.6) is 0 Å². The summed E-state index contributed by atoms with van der Waals surface area (Å²) in [6, 6.07) is 0. The first-order chi connectivity index (χ1) is 3.31. The lowest BCUT2D eigenvalue weighted by Crippen LogP contribution is -2.04. The quantitative estimate of drug-likeness (QED) is 0.403. The fourth-order valence-corrected chi connectivity index (χ4v) is 0.144. The summed E-state index contributed by atoms with van der Waals surface area (Å²) in [7, 11) is 2.51. The van der Waals surface area contributed by atoms with Gasteiger partial charge >= 0.3 is 13.6 Å². The average molecular weight is 133 g/mol. The first-order valence-corrected chi connectivity index (χ1v) is 1.83. The number of ether oxygens (including phenoxy) is 1. The molecular weight excluding hydrogens is 119 g/mol. The molecule has 0 heterocycles. The summed E-state index contributed by atoms with van der Waals surface area (Å²) in [6.07, 6.45) is -0.678. The van der Waals surface area contributed by atoms with Gasteiger partial charge in [-0.1, -0.05) is 14.9 Å². The van der Waals surface area contributed by atoms with E-state index in [1.165, 1.54) is 14.6 Å². The summed E-state index contributed by atoms with van der Waals surface area (Å²) in [4.78, 5) is 9.94. The van der Waals surface area contributed by atoms with Crippen LogP contribution < -0.4 is 0 Å². The Kier molecular flexibility index (Phi) is 18.1. The van der Waals surface area contributed by atoms with Crippen molar-refractivity contribution in [3.8, 4) is 0 Å². The molecule has 0 N–H and O–H groups in total. The van der Waals surface area contributed by atoms with Crippen molar-refractivity contribution in [1.82, 2.24) is 0 Å². The van der Waals surface area contributed by atoms with E-state index in [2.05, 4.69) is 9.39 Å². The number of hydrogen-bond acceptors (Lipinski definition) is 3. The second-order valence-electron chi connectivity index (χ2n) is 0.808. The van der Waals surface area contributed by atoms with E-state index < -0.39 is 6.16 Å². The number of carbonyl (C=O) groups is 1. The van der Waals surface area contributed by atoms with Crippen molar-refractivity contribution in [2.45, 2.75) is 21.7 Å². The van der Waals surface area contributed by atoms with E-state index in [1.54, 1.807) is 6.82 Å². The van der Waals surface area contributed by atoms with Gasteiger partial charge in [0.05, 0.1) is 7.11 Å². The van der Waals surface area contributed by atoms with E-state index in [0.29, 0.717) is 0 Å². The van der Waals surface area contributed by atoms with E-state index in [0.717, 1.165) is 0 Å². The molecule has 0 saturated carbocycles. The lowest BCUT2D eigenvalue weighted by Gasteiger charge is -1.94. The Morgan fingerprint density at radius 1 is 1.44 bits per heavy atom. The molecule has 4 heteroatoms. The van der Waals surface area contributed by atoms with Crippen LogP contribution in [0.1, 0.15) is 14.9 Å². The first-order valence-electron chi connectivity index (χ1n) is 1.83. The molecule has 0 aliphatic heterocycles. The Bertz CT molecular complexity index is 65.2. The summed E-state index contributed by atoms with van der Waals surface area (Å²) in [5.41, 5.74) is 0. The highest BCUT2D eigenvalue weighted by Gasteiger charge is 1.94. The molecular formula is C5H14BO3. The molecule has 0 aromatic heterocycles. The molecule has 0 aromatic rings. The van der Waals surface area contributed by atoms with Gasteiger partial charge in [0.2, 0.25) is 0 Å². The highest BCUT2D eigenvalue weighted by atomic mass is 16.7. The molecule has 0 fully saturated rings. The Morgan fingerprint density at radius 2 is 1.89 bits per heavy atom. The third kappa shape index (κ3) is 11.1. The second kappa shape index (κ2) is 10.3. The van der Waals surface area contributed by atoms with Gasteiger partial charge in [0, 0.05) is 0 Å². The van der Waals surface area contributed by atoms with Crippen LogP contribution in [0, 0.1) is 0 Å². The minimum absolute atomic E-state index is 0. The van der Waals surface area contributed by atoms with E-state index in [-0.39, 0.29) is 14.9 Å². The number of carbonyl (C=O) groups excluding carboxylic acids is 1. The summed E-state index contributed by atoms with van der Waals surface area (Å²) < 4.78 is 8.30. The molecule has 0 rings (SSSR count). The lowest BCUT2D eigenvalue weighted by atomic mass is 10.1. The predicted molar refractivity (Wildman–Crippen MR) is 38.6 cm³/mol. The van der Waals surface area contributed by atoms with Crippen LogP contribution in [-0.4, -0.2) is 20.7 Å². The highest BCUT2D eigenvalue weighted by Crippen LogP contribution is 1.76. The van der Waals surface area contributed by atoms with Crippen molar-refractivity contribution >= 4 is 13.6 Å². The van der Waals surface area contributed by atoms with Crippen LogP contribution in [0.3, 0.4) is 0 Å². The maximum absolute atomic E-state index is 9.94. The monoisotopic (exact) mass is 133 g/mol. The van der Waals surface area contributed by atoms with E-state index in [1.807, 2.05) is 0 Å². The molecule has 0 amide bonds. The molecule has 1 radical (unpaired) electrons. The topological polar surface area (TPSA) is 35.5 Å². The molecule has 0 aliphatic carbocycles. The number of methoxy groups -OCH3 is 1. The standard InChI is InChI=1S/C3H6BO3.2CH4/c1-4-7-3(5)6-2;;/h1-2H3;2*1H4. The first kappa shape index (κ1) is 15.8. The summed E-state index contributed by atoms with van der Waals surface area (Å²) in [5.74, 6) is 0. The maximum atomic E-state index is 9.94. The van der Waals surface area contributed by atoms with Gasteiger partial charge in [0.25, 0.3) is 0 Å². The van der Waals surface area contributed by atoms with E-state index in [4.69, 9.17) is 0 Å². The zero-order valence-corrected chi connectivity index (χ0v) is 4.30. The van der Waals surface area contributed by atoms with E-state index >= 15 is 0 Å². The fourth-order valence-electron chi connectivity index (χ4n) is 0.144. The Labute approximate surface area is 57.6 Å². The molecule has 0 atom stereocenters. The van der Waals surface area contributed by atoms with Crippen LogP contribution >= 0.6 is 0 Å². The van der Waals surface area contributed by atoms with Gasteiger partial charge in [-0.2, -0.15) is 0 Å². The third-order valence-corrected chi connectivity index (χ3v) is 0.381. The zero-order chi connectivity index (χ0) is 5.70. The minimum Gasteiger partial charge on any atom is -0.509 e. The van der Waals surface area contributed by atoms with Gasteiger partial charge in [-0.3, -0.25) is 0 Å². The van der Waals surface area contributed by atoms with Crippen LogP contribution in [0.4, 0.5) is 4.79 Å². The maximum Gasteiger partial charge on any atom is 0.489 e. The van der Waals surface area contributed by atoms with Crippen molar-refractivity contribution in [2.24, 2.45) is 0 Å². The molecule has 9 heavy (non-hydrogen) atoms. The van der Waals surface area contributed by atoms with Crippen molar-refractivity contribution in [1.29, 1.82) is 0 Å². The summed E-state index contributed by atoms with van der Waals surface area (Å²) in [5, 5.41) is 0. The number of hydrogen-bond donors (Lipinski definition) is 0. The Morgan fingerprint density at radius 3 is 2.00 bits per heavy atom. The molecule has 0 saturated heterocycles. The van der Waals surface area contributed by atoms with Crippen LogP contribution in [0.15, 0.2) is 0 Å². The summed E-state index contributed by atoms with van der Waals surface area (Å²) in [6.45, 7) is 1.59. The minimum atomic E-state index is -0.678. The van der Waals surface area contributed by atoms with E-state index in [9.17, 15) is 4.79 Å². The molecule has 0 spiro atoms. The third-order valence-electron chi connectivity index (χ3n) is 0.381. The zero-order valence-electron chi connectivity index (χ0n) is 4.30. The normalized spacial score (nSPS) is 5.56. The van der Waals surface area contributed by atoms with Crippen molar-refractivity contribution < 1.29 is 14.2 Å². The molecule has 0 aliphatic rings. The van der Waals surface area contributed by atoms with Gasteiger partial charge in [-0.05, 0) is 6.82 Å². The van der Waals surface area contributed by atoms with Gasteiger partial charge in [-0.15, -0.1) is 0 Å². The fraction of sp³-hybridized carbons (Fsp3) is 0.800. The van der Waals surface area contributed by atoms with Crippen LogP contribution in [0.2, 0.25) is 6.82 Å². The molecule has 0 unspecified atom stereocenters. The van der Waals surface area contributed by atoms with Gasteiger partial charge in [0.1, 0.15) is 0 Å². The van der Waals surface area contributed by atoms with Crippen molar-refractivity contribution in [2.75, 3.05) is 7.11 Å². The molecule has 0 aromatic carbocycles. The average Bonchev–Trinajstić information content (AvgIpc) is 1.68. The van der Waals surface area contributed by atoms with Gasteiger partial charge in [-0.25, -0.2) is 4.79 Å². The Balaban J connectivity index is -0.000000180. The van der Waals surface area contributed by atoms with Crippen molar-refractivity contribution in [3.05, 3.63) is 0 Å². The van der Waals surface area contributed by atoms with Gasteiger partial charge in [0.15, 0.2) is 0 Å². The van der Waals surface area contributed by atoms with Crippen LogP contribution in [0.25, 0.3) is 0 Å². The molecule has 55 valence electrons. The largest absolute Gasteiger partial charge is 0.509 e. The lowest BCUT2D eigenvalue weighted by molar-refractivity contribution is 0.123. The van der Waals surface area contributed by atoms with Gasteiger partial charge < -0.3 is 9.39 Å². The predicted octanol–water partition coefficient (Wildman–Crippen LogP) is 1.71. The van der Waals surface area contributed by atoms with Crippen LogP contribution in [-0.2, 0) is 9.39 Å². The highest BCUT2D eigenvalue weighted by molar-refractivity contribution is 6.27. The Hall–Kier alpha value is -0.665. The summed E-state index contributed by atoms with van der Waals surface area (Å²) >= 11 is 0.